The Hall–Kier alpha value is -1.78. The highest BCUT2D eigenvalue weighted by Crippen LogP contribution is 2.30. The minimum Gasteiger partial charge on any atom is -0.478 e. The molecular weight excluding hydrogens is 206 g/mol. The van der Waals surface area contributed by atoms with Crippen LogP contribution in [-0.4, -0.2) is 23.0 Å². The standard InChI is InChI=1S/C11H15N3O2/c1-4-16-8-6-5-7-9(13-8)14-11(2,3)10(15)12-7/h5-6H,4H2,1-3H3,(H,12,15)(H,13,14). The van der Waals surface area contributed by atoms with E-state index in [2.05, 4.69) is 15.6 Å². The second-order valence-corrected chi connectivity index (χ2v) is 4.18. The SMILES string of the molecule is CCOc1ccc2c(n1)NC(C)(C)C(=O)N2. The lowest BCUT2D eigenvalue weighted by Gasteiger charge is -2.31. The number of fused-ring (bicyclic) bond motifs is 1. The largest absolute Gasteiger partial charge is 0.478 e. The Labute approximate surface area is 94.2 Å². The Balaban J connectivity index is 2.34. The fourth-order valence-electron chi connectivity index (χ4n) is 1.50. The van der Waals surface area contributed by atoms with Crippen LogP contribution in [0.4, 0.5) is 11.5 Å². The number of rotatable bonds is 2. The molecule has 1 aliphatic rings. The van der Waals surface area contributed by atoms with Gasteiger partial charge in [0, 0.05) is 6.07 Å². The molecule has 0 aliphatic carbocycles. The van der Waals surface area contributed by atoms with Crippen LogP contribution in [0, 0.1) is 0 Å². The monoisotopic (exact) mass is 221 g/mol. The van der Waals surface area contributed by atoms with Crippen LogP contribution in [0.5, 0.6) is 5.88 Å². The number of hydrogen-bond acceptors (Lipinski definition) is 4. The smallest absolute Gasteiger partial charge is 0.249 e. The van der Waals surface area contributed by atoms with E-state index < -0.39 is 5.54 Å². The van der Waals surface area contributed by atoms with Gasteiger partial charge in [0.2, 0.25) is 11.8 Å². The first kappa shape index (κ1) is 10.7. The summed E-state index contributed by atoms with van der Waals surface area (Å²) in [5.41, 5.74) is 0.0398. The van der Waals surface area contributed by atoms with Gasteiger partial charge in [-0.1, -0.05) is 0 Å². The van der Waals surface area contributed by atoms with Gasteiger partial charge < -0.3 is 15.4 Å². The second kappa shape index (κ2) is 3.66. The van der Waals surface area contributed by atoms with E-state index in [-0.39, 0.29) is 5.91 Å². The fraction of sp³-hybridized carbons (Fsp3) is 0.455. The first-order valence-corrected chi connectivity index (χ1v) is 5.26. The predicted molar refractivity (Wildman–Crippen MR) is 61.7 cm³/mol. The van der Waals surface area contributed by atoms with E-state index in [9.17, 15) is 4.79 Å². The number of amides is 1. The molecule has 0 atom stereocenters. The van der Waals surface area contributed by atoms with E-state index in [0.29, 0.717) is 24.0 Å². The summed E-state index contributed by atoms with van der Waals surface area (Å²) in [6, 6.07) is 3.52. The van der Waals surface area contributed by atoms with Crippen molar-refractivity contribution in [2.75, 3.05) is 17.2 Å². The second-order valence-electron chi connectivity index (χ2n) is 4.18. The van der Waals surface area contributed by atoms with Crippen LogP contribution in [0.2, 0.25) is 0 Å². The number of carbonyl (C=O) groups excluding carboxylic acids is 1. The van der Waals surface area contributed by atoms with Crippen molar-refractivity contribution in [1.82, 2.24) is 4.98 Å². The van der Waals surface area contributed by atoms with Crippen molar-refractivity contribution >= 4 is 17.4 Å². The van der Waals surface area contributed by atoms with Crippen LogP contribution in [0.1, 0.15) is 20.8 Å². The number of ether oxygens (including phenoxy) is 1. The molecule has 0 radical (unpaired) electrons. The van der Waals surface area contributed by atoms with Crippen molar-refractivity contribution in [3.63, 3.8) is 0 Å². The molecule has 0 fully saturated rings. The number of carbonyl (C=O) groups is 1. The molecular formula is C11H15N3O2. The molecule has 0 bridgehead atoms. The lowest BCUT2D eigenvalue weighted by atomic mass is 10.0. The highest BCUT2D eigenvalue weighted by atomic mass is 16.5. The van der Waals surface area contributed by atoms with Gasteiger partial charge in [0.15, 0.2) is 5.82 Å². The molecule has 0 unspecified atom stereocenters. The quantitative estimate of drug-likeness (QED) is 0.796. The predicted octanol–water partition coefficient (Wildman–Crippen LogP) is 1.62. The maximum absolute atomic E-state index is 11.7. The Kier molecular flexibility index (Phi) is 2.46. The number of pyridine rings is 1. The molecule has 1 aliphatic heterocycles. The highest BCUT2D eigenvalue weighted by molar-refractivity contribution is 6.04. The molecule has 2 N–H and O–H groups in total. The molecule has 16 heavy (non-hydrogen) atoms. The summed E-state index contributed by atoms with van der Waals surface area (Å²) in [6.07, 6.45) is 0. The van der Waals surface area contributed by atoms with Crippen LogP contribution in [0.15, 0.2) is 12.1 Å². The first-order chi connectivity index (χ1) is 7.53. The van der Waals surface area contributed by atoms with E-state index in [1.54, 1.807) is 26.0 Å². The van der Waals surface area contributed by atoms with E-state index in [1.165, 1.54) is 0 Å². The number of anilines is 2. The molecule has 0 saturated heterocycles. The molecule has 5 nitrogen and oxygen atoms in total. The van der Waals surface area contributed by atoms with Crippen LogP contribution < -0.4 is 15.4 Å². The van der Waals surface area contributed by atoms with E-state index >= 15 is 0 Å². The van der Waals surface area contributed by atoms with Crippen LogP contribution in [0.3, 0.4) is 0 Å². The molecule has 0 saturated carbocycles. The number of nitrogens with zero attached hydrogens (tertiary/aromatic N) is 1. The summed E-state index contributed by atoms with van der Waals surface area (Å²) in [5.74, 6) is 1.14. The van der Waals surface area contributed by atoms with Gasteiger partial charge in [0.05, 0.1) is 12.3 Å². The molecule has 1 aromatic rings. The Bertz CT molecular complexity index is 429. The Morgan fingerprint density at radius 2 is 2.19 bits per heavy atom. The summed E-state index contributed by atoms with van der Waals surface area (Å²) >= 11 is 0. The molecule has 86 valence electrons. The van der Waals surface area contributed by atoms with E-state index in [1.807, 2.05) is 6.92 Å². The van der Waals surface area contributed by atoms with Gasteiger partial charge in [-0.25, -0.2) is 0 Å². The third-order valence-corrected chi connectivity index (χ3v) is 2.41. The number of nitrogens with one attached hydrogen (secondary N) is 2. The zero-order valence-corrected chi connectivity index (χ0v) is 9.63. The third kappa shape index (κ3) is 1.80. The van der Waals surface area contributed by atoms with Crippen molar-refractivity contribution in [3.8, 4) is 5.88 Å². The Morgan fingerprint density at radius 3 is 2.88 bits per heavy atom. The summed E-state index contributed by atoms with van der Waals surface area (Å²) < 4.78 is 5.30. The summed E-state index contributed by atoms with van der Waals surface area (Å²) in [6.45, 7) is 6.09. The Morgan fingerprint density at radius 1 is 1.44 bits per heavy atom. The molecule has 1 aromatic heterocycles. The van der Waals surface area contributed by atoms with E-state index in [0.717, 1.165) is 0 Å². The average Bonchev–Trinajstić information content (AvgIpc) is 2.20. The molecule has 1 amide bonds. The van der Waals surface area contributed by atoms with Gasteiger partial charge >= 0.3 is 0 Å². The van der Waals surface area contributed by atoms with Crippen LogP contribution >= 0.6 is 0 Å². The average molecular weight is 221 g/mol. The maximum atomic E-state index is 11.7. The molecule has 0 aromatic carbocycles. The zero-order valence-electron chi connectivity index (χ0n) is 9.63. The summed E-state index contributed by atoms with van der Waals surface area (Å²) in [5, 5.41) is 5.88. The number of aromatic nitrogens is 1. The topological polar surface area (TPSA) is 63.2 Å². The maximum Gasteiger partial charge on any atom is 0.249 e. The van der Waals surface area contributed by atoms with Crippen molar-refractivity contribution in [2.45, 2.75) is 26.3 Å². The lowest BCUT2D eigenvalue weighted by molar-refractivity contribution is -0.119. The first-order valence-electron chi connectivity index (χ1n) is 5.26. The molecule has 2 rings (SSSR count). The molecule has 5 heteroatoms. The molecule has 0 spiro atoms. The van der Waals surface area contributed by atoms with Gasteiger partial charge in [0.1, 0.15) is 5.54 Å². The van der Waals surface area contributed by atoms with Crippen molar-refractivity contribution in [1.29, 1.82) is 0 Å². The van der Waals surface area contributed by atoms with Crippen molar-refractivity contribution < 1.29 is 9.53 Å². The van der Waals surface area contributed by atoms with Crippen molar-refractivity contribution in [2.24, 2.45) is 0 Å². The molecule has 2 heterocycles. The summed E-state index contributed by atoms with van der Waals surface area (Å²) in [7, 11) is 0. The van der Waals surface area contributed by atoms with Gasteiger partial charge in [-0.3, -0.25) is 4.79 Å². The minimum absolute atomic E-state index is 0.0639. The lowest BCUT2D eigenvalue weighted by Crippen LogP contribution is -2.47. The van der Waals surface area contributed by atoms with Gasteiger partial charge in [-0.05, 0) is 26.8 Å². The van der Waals surface area contributed by atoms with Crippen LogP contribution in [0.25, 0.3) is 0 Å². The van der Waals surface area contributed by atoms with Gasteiger partial charge in [-0.2, -0.15) is 4.98 Å². The zero-order chi connectivity index (χ0) is 11.8. The van der Waals surface area contributed by atoms with Crippen LogP contribution in [-0.2, 0) is 4.79 Å². The number of hydrogen-bond donors (Lipinski definition) is 2. The summed E-state index contributed by atoms with van der Waals surface area (Å²) in [4.78, 5) is 15.9. The van der Waals surface area contributed by atoms with Crippen molar-refractivity contribution in [3.05, 3.63) is 12.1 Å². The van der Waals surface area contributed by atoms with E-state index in [4.69, 9.17) is 4.74 Å². The third-order valence-electron chi connectivity index (χ3n) is 2.41. The highest BCUT2D eigenvalue weighted by Gasteiger charge is 2.33. The normalized spacial score (nSPS) is 17.1. The minimum atomic E-state index is -0.648. The fourth-order valence-corrected chi connectivity index (χ4v) is 1.50. The van der Waals surface area contributed by atoms with Gasteiger partial charge in [0.25, 0.3) is 0 Å². The van der Waals surface area contributed by atoms with Gasteiger partial charge in [-0.15, -0.1) is 0 Å².